The molecule has 1 aromatic heterocycles. The number of nitrogens with two attached hydrogens (primary N) is 1. The molecule has 0 spiro atoms. The van der Waals surface area contributed by atoms with E-state index < -0.39 is 0 Å². The predicted octanol–water partition coefficient (Wildman–Crippen LogP) is 2.87. The van der Waals surface area contributed by atoms with Gasteiger partial charge in [0, 0.05) is 0 Å². The Morgan fingerprint density at radius 2 is 1.89 bits per heavy atom. The number of aryl methyl sites for hydroxylation is 2. The standard InChI is InChI=1S/C14H17N3O2/c1-4-18-13-12(15)14(17-8-16-13)19-11-6-5-9(2)7-10(11)3/h5-8H,4,15H2,1-3H3. The highest BCUT2D eigenvalue weighted by Gasteiger charge is 2.12. The summed E-state index contributed by atoms with van der Waals surface area (Å²) < 4.78 is 11.0. The lowest BCUT2D eigenvalue weighted by molar-refractivity contribution is 0.325. The van der Waals surface area contributed by atoms with Gasteiger partial charge in [0.1, 0.15) is 12.1 Å². The van der Waals surface area contributed by atoms with Crippen LogP contribution in [0.3, 0.4) is 0 Å². The molecule has 0 saturated heterocycles. The van der Waals surface area contributed by atoms with Gasteiger partial charge in [-0.3, -0.25) is 0 Å². The highest BCUT2D eigenvalue weighted by atomic mass is 16.5. The van der Waals surface area contributed by atoms with Gasteiger partial charge in [-0.15, -0.1) is 0 Å². The van der Waals surface area contributed by atoms with Gasteiger partial charge in [0.15, 0.2) is 5.69 Å². The molecule has 0 bridgehead atoms. The van der Waals surface area contributed by atoms with Crippen LogP contribution in [0.25, 0.3) is 0 Å². The third kappa shape index (κ3) is 2.93. The Balaban J connectivity index is 2.30. The molecule has 2 rings (SSSR count). The van der Waals surface area contributed by atoms with E-state index >= 15 is 0 Å². The zero-order chi connectivity index (χ0) is 13.8. The van der Waals surface area contributed by atoms with Crippen LogP contribution in [0.5, 0.6) is 17.5 Å². The molecule has 0 amide bonds. The van der Waals surface area contributed by atoms with Crippen LogP contribution in [0.1, 0.15) is 18.1 Å². The van der Waals surface area contributed by atoms with Crippen LogP contribution >= 0.6 is 0 Å². The second-order valence-corrected chi connectivity index (χ2v) is 4.20. The number of aromatic nitrogens is 2. The van der Waals surface area contributed by atoms with Crippen LogP contribution in [0.4, 0.5) is 5.69 Å². The molecule has 0 aliphatic heterocycles. The number of ether oxygens (including phenoxy) is 2. The fourth-order valence-electron chi connectivity index (χ4n) is 1.72. The van der Waals surface area contributed by atoms with Gasteiger partial charge in [-0.25, -0.2) is 0 Å². The first-order valence-electron chi connectivity index (χ1n) is 6.10. The molecule has 0 fully saturated rings. The summed E-state index contributed by atoms with van der Waals surface area (Å²) in [6.45, 7) is 6.36. The summed E-state index contributed by atoms with van der Waals surface area (Å²) in [6.07, 6.45) is 1.38. The van der Waals surface area contributed by atoms with E-state index in [1.165, 1.54) is 11.9 Å². The zero-order valence-electron chi connectivity index (χ0n) is 11.3. The molecule has 0 unspecified atom stereocenters. The van der Waals surface area contributed by atoms with E-state index in [4.69, 9.17) is 15.2 Å². The third-order valence-corrected chi connectivity index (χ3v) is 2.63. The Bertz CT molecular complexity index is 585. The van der Waals surface area contributed by atoms with Crippen LogP contribution in [-0.4, -0.2) is 16.6 Å². The number of nitrogens with zero attached hydrogens (tertiary/aromatic N) is 2. The smallest absolute Gasteiger partial charge is 0.249 e. The fourth-order valence-corrected chi connectivity index (χ4v) is 1.72. The molecule has 2 N–H and O–H groups in total. The van der Waals surface area contributed by atoms with Crippen LogP contribution in [0.2, 0.25) is 0 Å². The first kappa shape index (κ1) is 13.1. The van der Waals surface area contributed by atoms with Crippen molar-refractivity contribution in [2.45, 2.75) is 20.8 Å². The molecule has 5 nitrogen and oxygen atoms in total. The molecule has 0 atom stereocenters. The first-order valence-corrected chi connectivity index (χ1v) is 6.10. The normalized spacial score (nSPS) is 10.3. The lowest BCUT2D eigenvalue weighted by Crippen LogP contribution is -2.03. The summed E-state index contributed by atoms with van der Waals surface area (Å²) in [4.78, 5) is 8.01. The van der Waals surface area contributed by atoms with Gasteiger partial charge >= 0.3 is 0 Å². The molecule has 0 radical (unpaired) electrons. The lowest BCUT2D eigenvalue weighted by atomic mass is 10.1. The Hall–Kier alpha value is -2.30. The third-order valence-electron chi connectivity index (χ3n) is 2.63. The number of anilines is 1. The predicted molar refractivity (Wildman–Crippen MR) is 73.6 cm³/mol. The van der Waals surface area contributed by atoms with Crippen LogP contribution in [-0.2, 0) is 0 Å². The van der Waals surface area contributed by atoms with Crippen molar-refractivity contribution in [3.63, 3.8) is 0 Å². The molecule has 1 aromatic carbocycles. The van der Waals surface area contributed by atoms with Gasteiger partial charge in [-0.2, -0.15) is 9.97 Å². The number of nitrogen functional groups attached to an aromatic ring is 1. The average Bonchev–Trinajstić information content (AvgIpc) is 2.37. The minimum Gasteiger partial charge on any atom is -0.476 e. The van der Waals surface area contributed by atoms with Gasteiger partial charge in [0.25, 0.3) is 0 Å². The molecule has 100 valence electrons. The van der Waals surface area contributed by atoms with Crippen molar-refractivity contribution < 1.29 is 9.47 Å². The molecule has 0 saturated carbocycles. The van der Waals surface area contributed by atoms with Crippen molar-refractivity contribution in [3.8, 4) is 17.5 Å². The van der Waals surface area contributed by atoms with E-state index in [1.54, 1.807) is 0 Å². The zero-order valence-corrected chi connectivity index (χ0v) is 11.3. The molecular formula is C14H17N3O2. The first-order chi connectivity index (χ1) is 9.11. The maximum Gasteiger partial charge on any atom is 0.249 e. The minimum absolute atomic E-state index is 0.310. The highest BCUT2D eigenvalue weighted by Crippen LogP contribution is 2.32. The van der Waals surface area contributed by atoms with Crippen molar-refractivity contribution in [3.05, 3.63) is 35.7 Å². The van der Waals surface area contributed by atoms with Gasteiger partial charge in [-0.05, 0) is 32.4 Å². The number of hydrogen-bond acceptors (Lipinski definition) is 5. The van der Waals surface area contributed by atoms with Crippen LogP contribution in [0, 0.1) is 13.8 Å². The molecule has 1 heterocycles. The summed E-state index contributed by atoms with van der Waals surface area (Å²) >= 11 is 0. The van der Waals surface area contributed by atoms with E-state index in [0.29, 0.717) is 24.1 Å². The summed E-state index contributed by atoms with van der Waals surface area (Å²) in [5.41, 5.74) is 8.43. The Labute approximate surface area is 112 Å². The molecule has 5 heteroatoms. The van der Waals surface area contributed by atoms with Gasteiger partial charge in [0.2, 0.25) is 11.8 Å². The van der Waals surface area contributed by atoms with E-state index in [2.05, 4.69) is 9.97 Å². The van der Waals surface area contributed by atoms with Crippen molar-refractivity contribution in [2.75, 3.05) is 12.3 Å². The molecule has 2 aromatic rings. The van der Waals surface area contributed by atoms with E-state index in [1.807, 2.05) is 39.0 Å². The maximum absolute atomic E-state index is 5.92. The fraction of sp³-hybridized carbons (Fsp3) is 0.286. The number of rotatable bonds is 4. The summed E-state index contributed by atoms with van der Waals surface area (Å²) in [6, 6.07) is 5.91. The highest BCUT2D eigenvalue weighted by molar-refractivity contribution is 5.57. The quantitative estimate of drug-likeness (QED) is 0.914. The number of benzene rings is 1. The van der Waals surface area contributed by atoms with Gasteiger partial charge in [0.05, 0.1) is 6.61 Å². The largest absolute Gasteiger partial charge is 0.476 e. The molecule has 0 aliphatic carbocycles. The SMILES string of the molecule is CCOc1ncnc(Oc2ccc(C)cc2C)c1N. The van der Waals surface area contributed by atoms with E-state index in [0.717, 1.165) is 11.3 Å². The number of hydrogen-bond donors (Lipinski definition) is 1. The van der Waals surface area contributed by atoms with Crippen molar-refractivity contribution >= 4 is 5.69 Å². The van der Waals surface area contributed by atoms with Crippen molar-refractivity contribution in [1.29, 1.82) is 0 Å². The van der Waals surface area contributed by atoms with Crippen molar-refractivity contribution in [2.24, 2.45) is 0 Å². The molecule has 19 heavy (non-hydrogen) atoms. The Kier molecular flexibility index (Phi) is 3.85. The second-order valence-electron chi connectivity index (χ2n) is 4.20. The topological polar surface area (TPSA) is 70.3 Å². The van der Waals surface area contributed by atoms with Crippen LogP contribution in [0.15, 0.2) is 24.5 Å². The van der Waals surface area contributed by atoms with Crippen molar-refractivity contribution in [1.82, 2.24) is 9.97 Å². The van der Waals surface area contributed by atoms with Gasteiger partial charge in [-0.1, -0.05) is 17.7 Å². The second kappa shape index (κ2) is 5.56. The Morgan fingerprint density at radius 1 is 1.16 bits per heavy atom. The minimum atomic E-state index is 0.310. The monoisotopic (exact) mass is 259 g/mol. The Morgan fingerprint density at radius 3 is 2.58 bits per heavy atom. The molecule has 0 aliphatic rings. The van der Waals surface area contributed by atoms with Gasteiger partial charge < -0.3 is 15.2 Å². The van der Waals surface area contributed by atoms with E-state index in [-0.39, 0.29) is 0 Å². The summed E-state index contributed by atoms with van der Waals surface area (Å²) in [7, 11) is 0. The summed E-state index contributed by atoms with van der Waals surface area (Å²) in [5, 5.41) is 0. The summed E-state index contributed by atoms with van der Waals surface area (Å²) in [5.74, 6) is 1.38. The van der Waals surface area contributed by atoms with E-state index in [9.17, 15) is 0 Å². The lowest BCUT2D eigenvalue weighted by Gasteiger charge is -2.12. The average molecular weight is 259 g/mol. The molecular weight excluding hydrogens is 242 g/mol. The van der Waals surface area contributed by atoms with Crippen LogP contribution < -0.4 is 15.2 Å². The maximum atomic E-state index is 5.92.